The Hall–Kier alpha value is -2.09. The maximum absolute atomic E-state index is 12.7. The summed E-state index contributed by atoms with van der Waals surface area (Å²) in [4.78, 5) is 14.6. The van der Waals surface area contributed by atoms with Gasteiger partial charge in [0.2, 0.25) is 11.1 Å². The Bertz CT molecular complexity index is 690. The lowest BCUT2D eigenvalue weighted by molar-refractivity contribution is -0.129. The minimum Gasteiger partial charge on any atom is -0.497 e. The molecule has 1 aromatic carbocycles. The van der Waals surface area contributed by atoms with E-state index in [1.807, 2.05) is 29.2 Å². The minimum atomic E-state index is 0.113. The van der Waals surface area contributed by atoms with Gasteiger partial charge in [0.1, 0.15) is 5.75 Å². The molecule has 142 valence electrons. The van der Waals surface area contributed by atoms with E-state index < -0.39 is 0 Å². The molecule has 0 aliphatic carbocycles. The molecule has 1 aromatic heterocycles. The molecule has 0 bridgehead atoms. The van der Waals surface area contributed by atoms with Gasteiger partial charge in [0.15, 0.2) is 0 Å². The zero-order chi connectivity index (χ0) is 19.1. The van der Waals surface area contributed by atoms with E-state index in [2.05, 4.69) is 43.2 Å². The third kappa shape index (κ3) is 5.72. The fourth-order valence-electron chi connectivity index (χ4n) is 2.53. The van der Waals surface area contributed by atoms with Crippen LogP contribution in [0.1, 0.15) is 27.7 Å². The summed E-state index contributed by atoms with van der Waals surface area (Å²) in [5.74, 6) is 2.07. The topological polar surface area (TPSA) is 73.1 Å². The molecule has 0 saturated heterocycles. The number of methoxy groups -OCH3 is 1. The molecule has 8 heteroatoms. The molecule has 2 rings (SSSR count). The molecule has 0 aliphatic heterocycles. The Labute approximate surface area is 159 Å². The number of benzene rings is 1. The van der Waals surface area contributed by atoms with Crippen LogP contribution in [0, 0.1) is 11.8 Å². The Balaban J connectivity index is 2.04. The lowest BCUT2D eigenvalue weighted by Crippen LogP contribution is -2.38. The predicted molar refractivity (Wildman–Crippen MR) is 103 cm³/mol. The molecule has 0 fully saturated rings. The van der Waals surface area contributed by atoms with Crippen molar-refractivity contribution in [2.45, 2.75) is 32.9 Å². The average Bonchev–Trinajstić information content (AvgIpc) is 3.07. The number of aromatic nitrogens is 4. The number of thioether (sulfide) groups is 1. The molecule has 0 spiro atoms. The predicted octanol–water partition coefficient (Wildman–Crippen LogP) is 2.90. The van der Waals surface area contributed by atoms with Gasteiger partial charge in [0.05, 0.1) is 18.6 Å². The van der Waals surface area contributed by atoms with Gasteiger partial charge in [-0.15, -0.1) is 5.10 Å². The number of nitrogens with zero attached hydrogens (tertiary/aromatic N) is 5. The van der Waals surface area contributed by atoms with Gasteiger partial charge in [-0.2, -0.15) is 4.68 Å². The van der Waals surface area contributed by atoms with Crippen LogP contribution in [-0.2, 0) is 4.79 Å². The van der Waals surface area contributed by atoms with Crippen molar-refractivity contribution in [3.05, 3.63) is 24.3 Å². The third-order valence-electron chi connectivity index (χ3n) is 3.61. The Morgan fingerprint density at radius 2 is 1.77 bits per heavy atom. The largest absolute Gasteiger partial charge is 0.497 e. The molecule has 0 saturated carbocycles. The van der Waals surface area contributed by atoms with Crippen molar-refractivity contribution in [2.24, 2.45) is 11.8 Å². The smallest absolute Gasteiger partial charge is 0.233 e. The van der Waals surface area contributed by atoms with E-state index in [-0.39, 0.29) is 5.91 Å². The van der Waals surface area contributed by atoms with E-state index in [1.54, 1.807) is 11.8 Å². The summed E-state index contributed by atoms with van der Waals surface area (Å²) in [5.41, 5.74) is 0.826. The zero-order valence-corrected chi connectivity index (χ0v) is 16.9. The van der Waals surface area contributed by atoms with E-state index >= 15 is 0 Å². The maximum Gasteiger partial charge on any atom is 0.233 e. The number of hydrogen-bond acceptors (Lipinski definition) is 6. The van der Waals surface area contributed by atoms with Gasteiger partial charge >= 0.3 is 0 Å². The van der Waals surface area contributed by atoms with Crippen LogP contribution < -0.4 is 4.74 Å². The van der Waals surface area contributed by atoms with Crippen LogP contribution in [0.3, 0.4) is 0 Å². The van der Waals surface area contributed by atoms with E-state index in [4.69, 9.17) is 4.74 Å². The van der Waals surface area contributed by atoms with Crippen LogP contribution in [0.5, 0.6) is 5.75 Å². The fraction of sp³-hybridized carbons (Fsp3) is 0.556. The first-order valence-corrected chi connectivity index (χ1v) is 9.72. The first kappa shape index (κ1) is 20.2. The second-order valence-electron chi connectivity index (χ2n) is 6.95. The Morgan fingerprint density at radius 3 is 2.31 bits per heavy atom. The molecule has 1 amide bonds. The molecular weight excluding hydrogens is 350 g/mol. The van der Waals surface area contributed by atoms with Crippen molar-refractivity contribution in [1.29, 1.82) is 0 Å². The Kier molecular flexibility index (Phi) is 7.44. The van der Waals surface area contributed by atoms with Crippen molar-refractivity contribution >= 4 is 17.7 Å². The highest BCUT2D eigenvalue weighted by Crippen LogP contribution is 2.21. The number of rotatable bonds is 9. The maximum atomic E-state index is 12.7. The van der Waals surface area contributed by atoms with E-state index in [0.717, 1.165) is 24.5 Å². The van der Waals surface area contributed by atoms with Crippen molar-refractivity contribution in [3.8, 4) is 11.4 Å². The lowest BCUT2D eigenvalue weighted by Gasteiger charge is -2.26. The van der Waals surface area contributed by atoms with Crippen molar-refractivity contribution in [1.82, 2.24) is 25.1 Å². The number of carbonyl (C=O) groups is 1. The van der Waals surface area contributed by atoms with Gasteiger partial charge in [0.25, 0.3) is 0 Å². The molecule has 0 atom stereocenters. The molecule has 1 heterocycles. The monoisotopic (exact) mass is 377 g/mol. The highest BCUT2D eigenvalue weighted by atomic mass is 32.2. The average molecular weight is 378 g/mol. The molecule has 0 aliphatic rings. The molecule has 2 aromatic rings. The van der Waals surface area contributed by atoms with Gasteiger partial charge in [-0.3, -0.25) is 4.79 Å². The fourth-order valence-corrected chi connectivity index (χ4v) is 3.33. The summed E-state index contributed by atoms with van der Waals surface area (Å²) >= 11 is 1.35. The number of tetrazole rings is 1. The first-order valence-electron chi connectivity index (χ1n) is 8.74. The van der Waals surface area contributed by atoms with Gasteiger partial charge in [-0.25, -0.2) is 0 Å². The second-order valence-corrected chi connectivity index (χ2v) is 7.89. The minimum absolute atomic E-state index is 0.113. The number of amides is 1. The van der Waals surface area contributed by atoms with Crippen LogP contribution in [0.15, 0.2) is 29.4 Å². The molecule has 0 radical (unpaired) electrons. The lowest BCUT2D eigenvalue weighted by atomic mass is 10.1. The van der Waals surface area contributed by atoms with Crippen LogP contribution >= 0.6 is 11.8 Å². The normalized spacial score (nSPS) is 11.2. The quantitative estimate of drug-likeness (QED) is 0.626. The Morgan fingerprint density at radius 1 is 1.15 bits per heavy atom. The highest BCUT2D eigenvalue weighted by molar-refractivity contribution is 7.99. The molecule has 7 nitrogen and oxygen atoms in total. The molecule has 26 heavy (non-hydrogen) atoms. The second kappa shape index (κ2) is 9.56. The highest BCUT2D eigenvalue weighted by Gasteiger charge is 2.18. The number of ether oxygens (including phenoxy) is 1. The van der Waals surface area contributed by atoms with Crippen LogP contribution in [0.25, 0.3) is 5.69 Å². The van der Waals surface area contributed by atoms with Gasteiger partial charge in [-0.1, -0.05) is 39.5 Å². The third-order valence-corrected chi connectivity index (χ3v) is 4.51. The van der Waals surface area contributed by atoms with E-state index in [1.165, 1.54) is 11.8 Å². The van der Waals surface area contributed by atoms with Gasteiger partial charge in [0, 0.05) is 13.1 Å². The SMILES string of the molecule is COc1ccc(-n2nnnc2SCC(=O)N(CC(C)C)CC(C)C)cc1. The summed E-state index contributed by atoms with van der Waals surface area (Å²) in [5, 5.41) is 12.4. The van der Waals surface area contributed by atoms with E-state index in [0.29, 0.717) is 22.7 Å². The van der Waals surface area contributed by atoms with Crippen LogP contribution in [0.4, 0.5) is 0 Å². The van der Waals surface area contributed by atoms with Crippen LogP contribution in [-0.4, -0.2) is 57.0 Å². The van der Waals surface area contributed by atoms with Crippen molar-refractivity contribution in [2.75, 3.05) is 26.0 Å². The summed E-state index contributed by atoms with van der Waals surface area (Å²) < 4.78 is 6.80. The summed E-state index contributed by atoms with van der Waals surface area (Å²) in [7, 11) is 1.62. The van der Waals surface area contributed by atoms with Crippen molar-refractivity contribution in [3.63, 3.8) is 0 Å². The van der Waals surface area contributed by atoms with Crippen molar-refractivity contribution < 1.29 is 9.53 Å². The summed E-state index contributed by atoms with van der Waals surface area (Å²) in [6.07, 6.45) is 0. The summed E-state index contributed by atoms with van der Waals surface area (Å²) in [6, 6.07) is 7.46. The molecule has 0 N–H and O–H groups in total. The zero-order valence-electron chi connectivity index (χ0n) is 16.0. The summed E-state index contributed by atoms with van der Waals surface area (Å²) in [6.45, 7) is 10.0. The molecule has 0 unspecified atom stereocenters. The van der Waals surface area contributed by atoms with Crippen LogP contribution in [0.2, 0.25) is 0 Å². The number of carbonyl (C=O) groups excluding carboxylic acids is 1. The standard InChI is InChI=1S/C18H27N5O2S/c1-13(2)10-22(11-14(3)4)17(24)12-26-18-19-20-21-23(18)15-6-8-16(25-5)9-7-15/h6-9,13-14H,10-12H2,1-5H3. The van der Waals surface area contributed by atoms with Gasteiger partial charge < -0.3 is 9.64 Å². The van der Waals surface area contributed by atoms with Gasteiger partial charge in [-0.05, 0) is 46.5 Å². The first-order chi connectivity index (χ1) is 12.4. The van der Waals surface area contributed by atoms with E-state index in [9.17, 15) is 4.79 Å². The number of hydrogen-bond donors (Lipinski definition) is 0. The molecular formula is C18H27N5O2S.